The largest absolute Gasteiger partial charge is 0.385 e. The molecule has 2 heteroatoms. The summed E-state index contributed by atoms with van der Waals surface area (Å²) in [6.07, 6.45) is 3.54. The Balaban J connectivity index is 2.22. The van der Waals surface area contributed by atoms with Crippen LogP contribution in [-0.4, -0.2) is 10.1 Å². The molecule has 2 rings (SSSR count). The number of aryl methyl sites for hydroxylation is 1. The Hall–Kier alpha value is -0.890. The van der Waals surface area contributed by atoms with Crippen LogP contribution in [0.15, 0.2) is 18.3 Å². The molecule has 0 amide bonds. The van der Waals surface area contributed by atoms with Gasteiger partial charge < -0.3 is 5.11 Å². The minimum absolute atomic E-state index is 0.583. The van der Waals surface area contributed by atoms with E-state index >= 15 is 0 Å². The van der Waals surface area contributed by atoms with Crippen LogP contribution >= 0.6 is 0 Å². The van der Waals surface area contributed by atoms with Crippen molar-refractivity contribution in [2.75, 3.05) is 0 Å². The van der Waals surface area contributed by atoms with Gasteiger partial charge in [0.2, 0.25) is 0 Å². The molecule has 0 aromatic carbocycles. The number of hydrogen-bond acceptors (Lipinski definition) is 2. The van der Waals surface area contributed by atoms with E-state index in [0.29, 0.717) is 5.92 Å². The number of pyridine rings is 1. The maximum atomic E-state index is 10.1. The Morgan fingerprint density at radius 3 is 2.62 bits per heavy atom. The van der Waals surface area contributed by atoms with Gasteiger partial charge in [0, 0.05) is 17.5 Å². The van der Waals surface area contributed by atoms with Crippen molar-refractivity contribution in [3.05, 3.63) is 29.6 Å². The van der Waals surface area contributed by atoms with Gasteiger partial charge in [-0.1, -0.05) is 13.0 Å². The maximum absolute atomic E-state index is 10.1. The maximum Gasteiger partial charge on any atom is 0.0916 e. The van der Waals surface area contributed by atoms with E-state index in [-0.39, 0.29) is 0 Å². The van der Waals surface area contributed by atoms with E-state index in [1.807, 2.05) is 19.1 Å². The van der Waals surface area contributed by atoms with Crippen LogP contribution in [0.3, 0.4) is 0 Å². The zero-order chi connectivity index (χ0) is 9.47. The Bertz CT molecular complexity index is 298. The predicted octanol–water partition coefficient (Wildman–Crippen LogP) is 2.01. The Labute approximate surface area is 78.6 Å². The van der Waals surface area contributed by atoms with Gasteiger partial charge in [0.15, 0.2) is 0 Å². The lowest BCUT2D eigenvalue weighted by atomic mass is 9.69. The van der Waals surface area contributed by atoms with Crippen molar-refractivity contribution < 1.29 is 5.11 Å². The molecule has 1 aromatic heterocycles. The Kier molecular flexibility index (Phi) is 1.88. The van der Waals surface area contributed by atoms with Crippen LogP contribution < -0.4 is 0 Å². The van der Waals surface area contributed by atoms with Crippen molar-refractivity contribution in [1.29, 1.82) is 0 Å². The molecule has 1 fully saturated rings. The molecule has 1 heterocycles. The summed E-state index contributed by atoms with van der Waals surface area (Å²) in [6, 6.07) is 3.94. The van der Waals surface area contributed by atoms with E-state index in [4.69, 9.17) is 0 Å². The molecule has 1 N–H and O–H groups in total. The number of rotatable bonds is 1. The molecule has 1 aromatic rings. The average Bonchev–Trinajstić information content (AvgIpc) is 2.03. The van der Waals surface area contributed by atoms with Gasteiger partial charge in [-0.3, -0.25) is 4.98 Å². The second-order valence-corrected chi connectivity index (χ2v) is 4.23. The first-order valence-corrected chi connectivity index (χ1v) is 4.76. The highest BCUT2D eigenvalue weighted by Gasteiger charge is 2.41. The predicted molar refractivity (Wildman–Crippen MR) is 51.3 cm³/mol. The van der Waals surface area contributed by atoms with Crippen molar-refractivity contribution in [1.82, 2.24) is 4.98 Å². The molecule has 70 valence electrons. The monoisotopic (exact) mass is 177 g/mol. The molecule has 0 saturated heterocycles. The van der Waals surface area contributed by atoms with E-state index in [1.165, 1.54) is 0 Å². The third-order valence-electron chi connectivity index (χ3n) is 2.82. The quantitative estimate of drug-likeness (QED) is 0.711. The SMILES string of the molecule is Cc1ccc(C2(O)CC(C)C2)cn1. The fourth-order valence-electron chi connectivity index (χ4n) is 2.07. The summed E-state index contributed by atoms with van der Waals surface area (Å²) in [6.45, 7) is 4.12. The second-order valence-electron chi connectivity index (χ2n) is 4.23. The molecule has 0 bridgehead atoms. The number of aromatic nitrogens is 1. The first kappa shape index (κ1) is 8.70. The first-order chi connectivity index (χ1) is 6.10. The third-order valence-corrected chi connectivity index (χ3v) is 2.82. The van der Waals surface area contributed by atoms with Crippen LogP contribution in [-0.2, 0) is 5.60 Å². The zero-order valence-electron chi connectivity index (χ0n) is 8.12. The van der Waals surface area contributed by atoms with Crippen LogP contribution in [0.5, 0.6) is 0 Å². The third kappa shape index (κ3) is 1.46. The van der Waals surface area contributed by atoms with Crippen LogP contribution in [0.1, 0.15) is 31.0 Å². The van der Waals surface area contributed by atoms with Crippen molar-refractivity contribution in [3.63, 3.8) is 0 Å². The molecule has 2 nitrogen and oxygen atoms in total. The summed E-state index contributed by atoms with van der Waals surface area (Å²) in [5.74, 6) is 0.645. The lowest BCUT2D eigenvalue weighted by Crippen LogP contribution is -2.39. The van der Waals surface area contributed by atoms with Gasteiger partial charge in [-0.25, -0.2) is 0 Å². The number of aliphatic hydroxyl groups is 1. The molecule has 0 spiro atoms. The zero-order valence-corrected chi connectivity index (χ0v) is 8.12. The van der Waals surface area contributed by atoms with Gasteiger partial charge in [0.25, 0.3) is 0 Å². The minimum Gasteiger partial charge on any atom is -0.385 e. The normalized spacial score (nSPS) is 32.7. The summed E-state index contributed by atoms with van der Waals surface area (Å²) < 4.78 is 0. The highest BCUT2D eigenvalue weighted by atomic mass is 16.3. The fourth-order valence-corrected chi connectivity index (χ4v) is 2.07. The van der Waals surface area contributed by atoms with Crippen molar-refractivity contribution in [2.24, 2.45) is 5.92 Å². The standard InChI is InChI=1S/C11H15NO/c1-8-5-11(13,6-8)10-4-3-9(2)12-7-10/h3-4,7-8,13H,5-6H2,1-2H3. The highest BCUT2D eigenvalue weighted by Crippen LogP contribution is 2.44. The molecule has 0 unspecified atom stereocenters. The molecule has 13 heavy (non-hydrogen) atoms. The summed E-state index contributed by atoms with van der Waals surface area (Å²) in [5, 5.41) is 10.1. The van der Waals surface area contributed by atoms with Gasteiger partial charge in [-0.2, -0.15) is 0 Å². The Morgan fingerprint density at radius 1 is 1.46 bits per heavy atom. The average molecular weight is 177 g/mol. The van der Waals surface area contributed by atoms with Gasteiger partial charge in [0.05, 0.1) is 5.60 Å². The smallest absolute Gasteiger partial charge is 0.0916 e. The second kappa shape index (κ2) is 2.81. The molecule has 0 radical (unpaired) electrons. The highest BCUT2D eigenvalue weighted by molar-refractivity contribution is 5.23. The number of hydrogen-bond donors (Lipinski definition) is 1. The molecule has 1 aliphatic rings. The molecule has 0 aliphatic heterocycles. The summed E-state index contributed by atoms with van der Waals surface area (Å²) >= 11 is 0. The summed E-state index contributed by atoms with van der Waals surface area (Å²) in [7, 11) is 0. The van der Waals surface area contributed by atoms with E-state index < -0.39 is 5.60 Å². The number of nitrogens with zero attached hydrogens (tertiary/aromatic N) is 1. The summed E-state index contributed by atoms with van der Waals surface area (Å²) in [5.41, 5.74) is 1.39. The van der Waals surface area contributed by atoms with Crippen molar-refractivity contribution >= 4 is 0 Å². The van der Waals surface area contributed by atoms with E-state index in [1.54, 1.807) is 6.20 Å². The van der Waals surface area contributed by atoms with Gasteiger partial charge in [-0.05, 0) is 31.7 Å². The van der Waals surface area contributed by atoms with Gasteiger partial charge >= 0.3 is 0 Å². The van der Waals surface area contributed by atoms with Crippen molar-refractivity contribution in [3.8, 4) is 0 Å². The molecular formula is C11H15NO. The lowest BCUT2D eigenvalue weighted by molar-refractivity contribution is -0.0740. The van der Waals surface area contributed by atoms with Gasteiger partial charge in [0.1, 0.15) is 0 Å². The topological polar surface area (TPSA) is 33.1 Å². The molecular weight excluding hydrogens is 162 g/mol. The summed E-state index contributed by atoms with van der Waals surface area (Å²) in [4.78, 5) is 4.19. The van der Waals surface area contributed by atoms with E-state index in [2.05, 4.69) is 11.9 Å². The van der Waals surface area contributed by atoms with Crippen molar-refractivity contribution in [2.45, 2.75) is 32.3 Å². The molecule has 1 aliphatic carbocycles. The Morgan fingerprint density at radius 2 is 2.15 bits per heavy atom. The van der Waals surface area contributed by atoms with Crippen LogP contribution in [0.2, 0.25) is 0 Å². The van der Waals surface area contributed by atoms with Crippen LogP contribution in [0.4, 0.5) is 0 Å². The van der Waals surface area contributed by atoms with Crippen LogP contribution in [0, 0.1) is 12.8 Å². The molecule has 1 saturated carbocycles. The minimum atomic E-state index is -0.583. The fraction of sp³-hybridized carbons (Fsp3) is 0.545. The lowest BCUT2D eigenvalue weighted by Gasteiger charge is -2.42. The van der Waals surface area contributed by atoms with Gasteiger partial charge in [-0.15, -0.1) is 0 Å². The van der Waals surface area contributed by atoms with E-state index in [9.17, 15) is 5.11 Å². The van der Waals surface area contributed by atoms with Crippen LogP contribution in [0.25, 0.3) is 0 Å². The van der Waals surface area contributed by atoms with E-state index in [0.717, 1.165) is 24.1 Å². The molecule has 0 atom stereocenters. The first-order valence-electron chi connectivity index (χ1n) is 4.76.